The maximum Gasteiger partial charge on any atom is 0.137 e. The van der Waals surface area contributed by atoms with E-state index < -0.39 is 11.6 Å². The van der Waals surface area contributed by atoms with E-state index in [0.29, 0.717) is 11.5 Å². The molecule has 1 N–H and O–H groups in total. The van der Waals surface area contributed by atoms with Gasteiger partial charge in [0.2, 0.25) is 0 Å². The fourth-order valence-corrected chi connectivity index (χ4v) is 2.79. The number of imidazole rings is 1. The minimum Gasteiger partial charge on any atom is -0.386 e. The van der Waals surface area contributed by atoms with Crippen LogP contribution in [0.15, 0.2) is 36.7 Å². The van der Waals surface area contributed by atoms with Gasteiger partial charge in [0.25, 0.3) is 0 Å². The molecule has 0 amide bonds. The van der Waals surface area contributed by atoms with Gasteiger partial charge in [0.15, 0.2) is 0 Å². The largest absolute Gasteiger partial charge is 0.386 e. The number of benzene rings is 1. The number of nitrogens with zero attached hydrogens (tertiary/aromatic N) is 2. The summed E-state index contributed by atoms with van der Waals surface area (Å²) in [6.07, 6.45) is 5.90. The molecular weight excluding hydrogens is 308 g/mol. The molecule has 126 valence electrons. The Bertz CT molecular complexity index is 848. The van der Waals surface area contributed by atoms with Crippen LogP contribution in [0.5, 0.6) is 0 Å². The van der Waals surface area contributed by atoms with Crippen LogP contribution in [0.25, 0.3) is 16.8 Å². The van der Waals surface area contributed by atoms with E-state index in [1.807, 2.05) is 22.9 Å². The van der Waals surface area contributed by atoms with Crippen LogP contribution < -0.4 is 5.32 Å². The third kappa shape index (κ3) is 3.40. The van der Waals surface area contributed by atoms with Gasteiger partial charge in [-0.3, -0.25) is 0 Å². The fraction of sp³-hybridized carbons (Fsp3) is 0.316. The number of nitrogens with one attached hydrogen (secondary N) is 1. The number of aromatic nitrogens is 2. The zero-order chi connectivity index (χ0) is 17.3. The van der Waals surface area contributed by atoms with Gasteiger partial charge in [-0.1, -0.05) is 13.8 Å². The second kappa shape index (κ2) is 6.59. The summed E-state index contributed by atoms with van der Waals surface area (Å²) >= 11 is 0. The molecule has 0 unspecified atom stereocenters. The topological polar surface area (TPSA) is 29.3 Å². The standard InChI is InChI=1S/C19H21F2N3/c1-12(2)4-5-16-10-24-11-18(22-3)17(9-19(24)23-16)13-6-14(20)8-15(21)7-13/h6-12,22H,4-5H2,1-3H3. The summed E-state index contributed by atoms with van der Waals surface area (Å²) in [5, 5.41) is 3.09. The van der Waals surface area contributed by atoms with Gasteiger partial charge in [0.05, 0.1) is 11.4 Å². The molecule has 0 atom stereocenters. The number of halogens is 2. The van der Waals surface area contributed by atoms with Crippen molar-refractivity contribution in [2.24, 2.45) is 5.92 Å². The SMILES string of the molecule is CNc1cn2cc(CCC(C)C)nc2cc1-c1cc(F)cc(F)c1. The Labute approximate surface area is 140 Å². The van der Waals surface area contributed by atoms with Crippen molar-refractivity contribution in [1.29, 1.82) is 0 Å². The quantitative estimate of drug-likeness (QED) is 0.720. The monoisotopic (exact) mass is 329 g/mol. The van der Waals surface area contributed by atoms with Crippen molar-refractivity contribution < 1.29 is 8.78 Å². The van der Waals surface area contributed by atoms with E-state index in [1.54, 1.807) is 7.05 Å². The lowest BCUT2D eigenvalue weighted by Gasteiger charge is -2.10. The van der Waals surface area contributed by atoms with Crippen molar-refractivity contribution in [3.63, 3.8) is 0 Å². The molecule has 0 fully saturated rings. The predicted molar refractivity (Wildman–Crippen MR) is 93.2 cm³/mol. The molecule has 1 aromatic carbocycles. The summed E-state index contributed by atoms with van der Waals surface area (Å²) in [6.45, 7) is 4.37. The molecule has 0 aliphatic rings. The van der Waals surface area contributed by atoms with E-state index in [1.165, 1.54) is 12.1 Å². The van der Waals surface area contributed by atoms with Gasteiger partial charge in [0.1, 0.15) is 17.3 Å². The van der Waals surface area contributed by atoms with Crippen LogP contribution in [0.2, 0.25) is 0 Å². The molecule has 3 rings (SSSR count). The van der Waals surface area contributed by atoms with Gasteiger partial charge < -0.3 is 9.72 Å². The lowest BCUT2D eigenvalue weighted by Crippen LogP contribution is -1.96. The number of anilines is 1. The Morgan fingerprint density at radius 1 is 1.08 bits per heavy atom. The number of aryl methyl sites for hydroxylation is 1. The molecular formula is C19H21F2N3. The number of pyridine rings is 1. The van der Waals surface area contributed by atoms with Crippen molar-refractivity contribution in [2.75, 3.05) is 12.4 Å². The lowest BCUT2D eigenvalue weighted by atomic mass is 10.0. The molecule has 0 saturated carbocycles. The summed E-state index contributed by atoms with van der Waals surface area (Å²) in [6, 6.07) is 5.40. The first kappa shape index (κ1) is 16.4. The molecule has 0 aliphatic heterocycles. The third-order valence-corrected chi connectivity index (χ3v) is 4.06. The molecule has 2 aromatic heterocycles. The fourth-order valence-electron chi connectivity index (χ4n) is 2.79. The molecule has 3 nitrogen and oxygen atoms in total. The van der Waals surface area contributed by atoms with Crippen LogP contribution in [0.1, 0.15) is 26.0 Å². The molecule has 3 aromatic rings. The summed E-state index contributed by atoms with van der Waals surface area (Å²) in [5.74, 6) is -0.561. The van der Waals surface area contributed by atoms with Gasteiger partial charge in [-0.25, -0.2) is 13.8 Å². The van der Waals surface area contributed by atoms with Gasteiger partial charge in [-0.2, -0.15) is 0 Å². The first-order chi connectivity index (χ1) is 11.5. The van der Waals surface area contributed by atoms with E-state index in [-0.39, 0.29) is 0 Å². The molecule has 2 heterocycles. The second-order valence-corrected chi connectivity index (χ2v) is 6.44. The van der Waals surface area contributed by atoms with Crippen molar-refractivity contribution in [1.82, 2.24) is 9.38 Å². The molecule has 0 radical (unpaired) electrons. The van der Waals surface area contributed by atoms with E-state index in [4.69, 9.17) is 0 Å². The highest BCUT2D eigenvalue weighted by molar-refractivity contribution is 5.80. The lowest BCUT2D eigenvalue weighted by molar-refractivity contribution is 0.582. The van der Waals surface area contributed by atoms with Crippen molar-refractivity contribution >= 4 is 11.3 Å². The van der Waals surface area contributed by atoms with E-state index in [2.05, 4.69) is 24.1 Å². The molecule has 5 heteroatoms. The summed E-state index contributed by atoms with van der Waals surface area (Å²) in [4.78, 5) is 4.64. The molecule has 0 spiro atoms. The average molecular weight is 329 g/mol. The summed E-state index contributed by atoms with van der Waals surface area (Å²) in [7, 11) is 1.79. The number of fused-ring (bicyclic) bond motifs is 1. The van der Waals surface area contributed by atoms with Crippen LogP contribution in [0.3, 0.4) is 0 Å². The van der Waals surface area contributed by atoms with E-state index >= 15 is 0 Å². The van der Waals surface area contributed by atoms with Crippen LogP contribution in [-0.4, -0.2) is 16.4 Å². The Morgan fingerprint density at radius 2 is 1.79 bits per heavy atom. The minimum absolute atomic E-state index is 0.492. The maximum absolute atomic E-state index is 13.6. The smallest absolute Gasteiger partial charge is 0.137 e. The Morgan fingerprint density at radius 3 is 2.42 bits per heavy atom. The van der Waals surface area contributed by atoms with Gasteiger partial charge in [0, 0.05) is 31.1 Å². The normalized spacial score (nSPS) is 11.4. The number of rotatable bonds is 5. The first-order valence-electron chi connectivity index (χ1n) is 8.12. The number of hydrogen-bond donors (Lipinski definition) is 1. The van der Waals surface area contributed by atoms with Crippen LogP contribution in [0.4, 0.5) is 14.5 Å². The highest BCUT2D eigenvalue weighted by Gasteiger charge is 2.11. The van der Waals surface area contributed by atoms with Crippen molar-refractivity contribution in [3.05, 3.63) is 54.0 Å². The minimum atomic E-state index is -0.590. The first-order valence-corrected chi connectivity index (χ1v) is 8.12. The third-order valence-electron chi connectivity index (χ3n) is 4.06. The Balaban J connectivity index is 2.07. The highest BCUT2D eigenvalue weighted by Crippen LogP contribution is 2.30. The van der Waals surface area contributed by atoms with E-state index in [9.17, 15) is 8.78 Å². The van der Waals surface area contributed by atoms with Crippen molar-refractivity contribution in [3.8, 4) is 11.1 Å². The van der Waals surface area contributed by atoms with Gasteiger partial charge in [-0.15, -0.1) is 0 Å². The molecule has 0 aliphatic carbocycles. The maximum atomic E-state index is 13.6. The van der Waals surface area contributed by atoms with Crippen LogP contribution >= 0.6 is 0 Å². The Kier molecular flexibility index (Phi) is 4.51. The molecule has 24 heavy (non-hydrogen) atoms. The average Bonchev–Trinajstić information content (AvgIpc) is 2.92. The zero-order valence-electron chi connectivity index (χ0n) is 14.1. The summed E-state index contributed by atoms with van der Waals surface area (Å²) in [5.41, 5.74) is 3.80. The predicted octanol–water partition coefficient (Wildman–Crippen LogP) is 4.91. The second-order valence-electron chi connectivity index (χ2n) is 6.44. The number of hydrogen-bond acceptors (Lipinski definition) is 2. The van der Waals surface area contributed by atoms with Crippen molar-refractivity contribution in [2.45, 2.75) is 26.7 Å². The Hall–Kier alpha value is -2.43. The van der Waals surface area contributed by atoms with Gasteiger partial charge in [-0.05, 0) is 42.5 Å². The van der Waals surface area contributed by atoms with Crippen LogP contribution in [0, 0.1) is 17.6 Å². The van der Waals surface area contributed by atoms with Gasteiger partial charge >= 0.3 is 0 Å². The molecule has 0 bridgehead atoms. The van der Waals surface area contributed by atoms with Crippen LogP contribution in [-0.2, 0) is 6.42 Å². The zero-order valence-corrected chi connectivity index (χ0v) is 14.1. The summed E-state index contributed by atoms with van der Waals surface area (Å²) < 4.78 is 29.1. The highest BCUT2D eigenvalue weighted by atomic mass is 19.1. The molecule has 0 saturated heterocycles. The van der Waals surface area contributed by atoms with E-state index in [0.717, 1.165) is 41.5 Å².